The van der Waals surface area contributed by atoms with Crippen LogP contribution in [0, 0.1) is 13.8 Å². The molecule has 0 unspecified atom stereocenters. The number of amides is 1. The lowest BCUT2D eigenvalue weighted by Gasteiger charge is -2.23. The van der Waals surface area contributed by atoms with Crippen molar-refractivity contribution in [2.75, 3.05) is 23.7 Å². The fourth-order valence-corrected chi connectivity index (χ4v) is 3.44. The summed E-state index contributed by atoms with van der Waals surface area (Å²) in [5.41, 5.74) is 5.30. The Morgan fingerprint density at radius 3 is 2.46 bits per heavy atom. The van der Waals surface area contributed by atoms with E-state index < -0.39 is 15.9 Å². The number of sulfonamides is 1. The maximum Gasteiger partial charge on any atom is 0.260 e. The first kappa shape index (κ1) is 21.4. The lowest BCUT2D eigenvalue weighted by Crippen LogP contribution is -2.39. The number of benzene rings is 2. The molecule has 2 rings (SSSR count). The Balaban J connectivity index is 2.07. The monoisotopic (exact) mass is 403 g/mol. The minimum absolute atomic E-state index is 0.357. The highest BCUT2D eigenvalue weighted by atomic mass is 32.2. The zero-order chi connectivity index (χ0) is 20.7. The molecule has 0 aliphatic heterocycles. The zero-order valence-corrected chi connectivity index (χ0v) is 17.3. The maximum atomic E-state index is 12.2. The molecule has 2 aromatic carbocycles. The molecular formula is C20H25N3O4S. The fraction of sp³-hybridized carbons (Fsp3) is 0.300. The largest absolute Gasteiger partial charge is 0.494 e. The van der Waals surface area contributed by atoms with Gasteiger partial charge in [0.15, 0.2) is 0 Å². The van der Waals surface area contributed by atoms with Crippen LogP contribution in [0.15, 0.2) is 47.6 Å². The van der Waals surface area contributed by atoms with Gasteiger partial charge in [0.25, 0.3) is 5.91 Å². The van der Waals surface area contributed by atoms with Gasteiger partial charge in [0.2, 0.25) is 10.0 Å². The van der Waals surface area contributed by atoms with Gasteiger partial charge >= 0.3 is 0 Å². The number of rotatable bonds is 8. The standard InChI is InChI=1S/C20H25N3O4S/c1-5-27-18-10-8-17(9-11-18)13-21-22-20(24)14-23(28(4,25)26)19-12-15(2)6-7-16(19)3/h6-13H,5,14H2,1-4H3,(H,22,24)/b21-13-. The Morgan fingerprint density at radius 2 is 1.86 bits per heavy atom. The Hall–Kier alpha value is -2.87. The second kappa shape index (κ2) is 9.36. The molecule has 8 heteroatoms. The summed E-state index contributed by atoms with van der Waals surface area (Å²) in [5.74, 6) is 0.217. The van der Waals surface area contributed by atoms with Gasteiger partial charge < -0.3 is 4.74 Å². The van der Waals surface area contributed by atoms with Crippen molar-refractivity contribution in [1.82, 2.24) is 5.43 Å². The minimum atomic E-state index is -3.63. The lowest BCUT2D eigenvalue weighted by atomic mass is 10.1. The van der Waals surface area contributed by atoms with Crippen LogP contribution < -0.4 is 14.5 Å². The SMILES string of the molecule is CCOc1ccc(/C=N\NC(=O)CN(c2cc(C)ccc2C)S(C)(=O)=O)cc1. The van der Waals surface area contributed by atoms with E-state index in [0.29, 0.717) is 12.3 Å². The zero-order valence-electron chi connectivity index (χ0n) is 16.5. The van der Waals surface area contributed by atoms with Crippen LogP contribution in [-0.2, 0) is 14.8 Å². The van der Waals surface area contributed by atoms with Crippen molar-refractivity contribution in [3.8, 4) is 5.75 Å². The van der Waals surface area contributed by atoms with E-state index in [1.165, 1.54) is 6.21 Å². The molecule has 0 bridgehead atoms. The Kier molecular flexibility index (Phi) is 7.17. The van der Waals surface area contributed by atoms with Crippen LogP contribution in [0.4, 0.5) is 5.69 Å². The molecule has 7 nitrogen and oxygen atoms in total. The first-order valence-corrected chi connectivity index (χ1v) is 10.6. The van der Waals surface area contributed by atoms with Crippen LogP contribution in [0.2, 0.25) is 0 Å². The van der Waals surface area contributed by atoms with Crippen LogP contribution in [0.5, 0.6) is 5.75 Å². The van der Waals surface area contributed by atoms with Crippen molar-refractivity contribution >= 4 is 27.8 Å². The molecule has 0 fully saturated rings. The predicted octanol–water partition coefficient (Wildman–Crippen LogP) is 2.62. The summed E-state index contributed by atoms with van der Waals surface area (Å²) in [4.78, 5) is 12.2. The van der Waals surface area contributed by atoms with Crippen LogP contribution in [-0.4, -0.2) is 39.9 Å². The Labute approximate surface area is 166 Å². The summed E-state index contributed by atoms with van der Waals surface area (Å²) in [6.07, 6.45) is 2.56. The number of carbonyl (C=O) groups excluding carboxylic acids is 1. The molecule has 0 aliphatic rings. The van der Waals surface area contributed by atoms with Gasteiger partial charge in [-0.15, -0.1) is 0 Å². The topological polar surface area (TPSA) is 88.1 Å². The number of nitrogens with zero attached hydrogens (tertiary/aromatic N) is 2. The number of anilines is 1. The number of ether oxygens (including phenoxy) is 1. The lowest BCUT2D eigenvalue weighted by molar-refractivity contribution is -0.119. The molecule has 2 aromatic rings. The van der Waals surface area contributed by atoms with E-state index in [1.54, 1.807) is 37.3 Å². The van der Waals surface area contributed by atoms with Gasteiger partial charge in [0, 0.05) is 0 Å². The first-order valence-electron chi connectivity index (χ1n) is 8.80. The highest BCUT2D eigenvalue weighted by molar-refractivity contribution is 7.92. The normalized spacial score (nSPS) is 11.4. The minimum Gasteiger partial charge on any atom is -0.494 e. The van der Waals surface area contributed by atoms with Gasteiger partial charge in [0.05, 0.1) is 24.8 Å². The van der Waals surface area contributed by atoms with Crippen molar-refractivity contribution in [3.05, 3.63) is 59.2 Å². The van der Waals surface area contributed by atoms with Crippen LogP contribution >= 0.6 is 0 Å². The molecular weight excluding hydrogens is 378 g/mol. The molecule has 0 saturated heterocycles. The first-order chi connectivity index (χ1) is 13.2. The van der Waals surface area contributed by atoms with Crippen molar-refractivity contribution in [2.45, 2.75) is 20.8 Å². The number of aryl methyl sites for hydroxylation is 2. The molecule has 0 aliphatic carbocycles. The van der Waals surface area contributed by atoms with Gasteiger partial charge in [-0.05, 0) is 67.8 Å². The second-order valence-electron chi connectivity index (χ2n) is 6.35. The number of nitrogens with one attached hydrogen (secondary N) is 1. The molecule has 1 N–H and O–H groups in total. The van der Waals surface area contributed by atoms with Crippen molar-refractivity contribution in [3.63, 3.8) is 0 Å². The summed E-state index contributed by atoms with van der Waals surface area (Å²) < 4.78 is 30.9. The molecule has 0 atom stereocenters. The van der Waals surface area contributed by atoms with Crippen molar-refractivity contribution < 1.29 is 17.9 Å². The molecule has 0 radical (unpaired) electrons. The summed E-state index contributed by atoms with van der Waals surface area (Å²) in [6, 6.07) is 12.7. The highest BCUT2D eigenvalue weighted by Gasteiger charge is 2.22. The van der Waals surface area contributed by atoms with Crippen molar-refractivity contribution in [2.24, 2.45) is 5.10 Å². The Bertz CT molecular complexity index is 954. The number of carbonyl (C=O) groups is 1. The molecule has 0 spiro atoms. The van der Waals surface area contributed by atoms with Crippen molar-refractivity contribution in [1.29, 1.82) is 0 Å². The third kappa shape index (κ3) is 6.09. The van der Waals surface area contributed by atoms with E-state index in [-0.39, 0.29) is 6.54 Å². The molecule has 28 heavy (non-hydrogen) atoms. The van der Waals surface area contributed by atoms with E-state index in [9.17, 15) is 13.2 Å². The van der Waals surface area contributed by atoms with E-state index in [4.69, 9.17) is 4.74 Å². The number of hydrogen-bond acceptors (Lipinski definition) is 5. The maximum absolute atomic E-state index is 12.2. The van der Waals surface area contributed by atoms with E-state index >= 15 is 0 Å². The van der Waals surface area contributed by atoms with Gasteiger partial charge in [-0.2, -0.15) is 5.10 Å². The predicted molar refractivity (Wildman–Crippen MR) is 111 cm³/mol. The van der Waals surface area contributed by atoms with E-state index in [2.05, 4.69) is 10.5 Å². The third-order valence-corrected chi connectivity index (χ3v) is 5.04. The molecule has 0 heterocycles. The number of hydrogen-bond donors (Lipinski definition) is 1. The van der Waals surface area contributed by atoms with Gasteiger partial charge in [-0.25, -0.2) is 13.8 Å². The van der Waals surface area contributed by atoms with Gasteiger partial charge in [0.1, 0.15) is 12.3 Å². The molecule has 0 saturated carbocycles. The van der Waals surface area contributed by atoms with E-state index in [0.717, 1.165) is 33.0 Å². The Morgan fingerprint density at radius 1 is 1.18 bits per heavy atom. The van der Waals surface area contributed by atoms with Crippen LogP contribution in [0.3, 0.4) is 0 Å². The summed E-state index contributed by atoms with van der Waals surface area (Å²) in [7, 11) is -3.63. The molecule has 150 valence electrons. The summed E-state index contributed by atoms with van der Waals surface area (Å²) in [6.45, 7) is 5.80. The van der Waals surface area contributed by atoms with Crippen LogP contribution in [0.25, 0.3) is 0 Å². The van der Waals surface area contributed by atoms with Gasteiger partial charge in [-0.3, -0.25) is 9.10 Å². The molecule has 1 amide bonds. The highest BCUT2D eigenvalue weighted by Crippen LogP contribution is 2.23. The molecule has 0 aromatic heterocycles. The third-order valence-electron chi connectivity index (χ3n) is 3.91. The smallest absolute Gasteiger partial charge is 0.260 e. The second-order valence-corrected chi connectivity index (χ2v) is 8.26. The average Bonchev–Trinajstić information content (AvgIpc) is 2.63. The summed E-state index contributed by atoms with van der Waals surface area (Å²) >= 11 is 0. The summed E-state index contributed by atoms with van der Waals surface area (Å²) in [5, 5.41) is 3.90. The van der Waals surface area contributed by atoms with Crippen LogP contribution in [0.1, 0.15) is 23.6 Å². The fourth-order valence-electron chi connectivity index (χ4n) is 2.53. The quantitative estimate of drug-likeness (QED) is 0.542. The average molecular weight is 404 g/mol. The van der Waals surface area contributed by atoms with Gasteiger partial charge in [-0.1, -0.05) is 12.1 Å². The van der Waals surface area contributed by atoms with E-state index in [1.807, 2.05) is 26.0 Å². The number of hydrazone groups is 1.